The molecule has 5 atom stereocenters. The third-order valence-corrected chi connectivity index (χ3v) is 6.95. The van der Waals surface area contributed by atoms with Gasteiger partial charge in [0, 0.05) is 30.7 Å². The summed E-state index contributed by atoms with van der Waals surface area (Å²) in [5.74, 6) is 3.24. The van der Waals surface area contributed by atoms with E-state index in [1.165, 1.54) is 18.2 Å². The van der Waals surface area contributed by atoms with E-state index in [9.17, 15) is 13.2 Å². The largest absolute Gasteiger partial charge is 0.573 e. The molecule has 1 aromatic carbocycles. The Kier molecular flexibility index (Phi) is 5.65. The van der Waals surface area contributed by atoms with Crippen LogP contribution in [0.25, 0.3) is 11.4 Å². The van der Waals surface area contributed by atoms with Crippen LogP contribution in [0.3, 0.4) is 0 Å². The molecule has 0 amide bonds. The Labute approximate surface area is 185 Å². The van der Waals surface area contributed by atoms with Crippen molar-refractivity contribution in [1.29, 1.82) is 0 Å². The maximum atomic E-state index is 12.6. The van der Waals surface area contributed by atoms with Crippen molar-refractivity contribution >= 4 is 0 Å². The summed E-state index contributed by atoms with van der Waals surface area (Å²) in [7, 11) is 0. The lowest BCUT2D eigenvalue weighted by atomic mass is 9.93. The minimum absolute atomic E-state index is 0.118. The number of aromatic nitrogens is 3. The Morgan fingerprint density at radius 2 is 2.00 bits per heavy atom. The number of nitrogens with zero attached hydrogens (tertiary/aromatic N) is 3. The number of fused-ring (bicyclic) bond motifs is 1. The summed E-state index contributed by atoms with van der Waals surface area (Å²) >= 11 is 0. The van der Waals surface area contributed by atoms with E-state index in [1.54, 1.807) is 6.07 Å². The van der Waals surface area contributed by atoms with Crippen molar-refractivity contribution in [3.05, 3.63) is 30.1 Å². The second kappa shape index (κ2) is 8.33. The molecule has 1 aliphatic heterocycles. The van der Waals surface area contributed by atoms with Gasteiger partial charge in [0.15, 0.2) is 5.82 Å². The van der Waals surface area contributed by atoms with Crippen LogP contribution in [0.1, 0.15) is 50.9 Å². The number of ether oxygens (including phenoxy) is 2. The molecule has 0 radical (unpaired) electrons. The number of halogens is 3. The summed E-state index contributed by atoms with van der Waals surface area (Å²) in [6, 6.07) is 5.99. The van der Waals surface area contributed by atoms with E-state index in [0.717, 1.165) is 44.8 Å². The van der Waals surface area contributed by atoms with Gasteiger partial charge in [-0.2, -0.15) is 5.10 Å². The van der Waals surface area contributed by atoms with Crippen LogP contribution >= 0.6 is 0 Å². The summed E-state index contributed by atoms with van der Waals surface area (Å²) in [6.45, 7) is 6.88. The molecule has 9 heteroatoms. The van der Waals surface area contributed by atoms with Crippen molar-refractivity contribution < 1.29 is 22.6 Å². The van der Waals surface area contributed by atoms with Crippen LogP contribution in [0, 0.1) is 17.8 Å². The van der Waals surface area contributed by atoms with Gasteiger partial charge in [0.25, 0.3) is 0 Å². The van der Waals surface area contributed by atoms with Gasteiger partial charge in [-0.05, 0) is 69.5 Å². The van der Waals surface area contributed by atoms with Gasteiger partial charge in [-0.15, -0.1) is 13.2 Å². The normalized spacial score (nSPS) is 30.2. The molecule has 1 N–H and O–H groups in total. The van der Waals surface area contributed by atoms with Gasteiger partial charge >= 0.3 is 6.36 Å². The maximum absolute atomic E-state index is 12.6. The first-order valence-electron chi connectivity index (χ1n) is 11.4. The number of hydrogen-bond donors (Lipinski definition) is 1. The van der Waals surface area contributed by atoms with Gasteiger partial charge < -0.3 is 14.8 Å². The Bertz CT molecular complexity index is 941. The molecule has 2 heterocycles. The topological polar surface area (TPSA) is 61.2 Å². The molecule has 1 saturated heterocycles. The van der Waals surface area contributed by atoms with Crippen LogP contribution in [0.4, 0.5) is 13.2 Å². The number of hydrogen-bond acceptors (Lipinski definition) is 5. The van der Waals surface area contributed by atoms with Gasteiger partial charge in [0.05, 0.1) is 6.10 Å². The van der Waals surface area contributed by atoms with Crippen molar-refractivity contribution in [3.63, 3.8) is 0 Å². The highest BCUT2D eigenvalue weighted by molar-refractivity contribution is 5.57. The molecule has 3 unspecified atom stereocenters. The first-order valence-corrected chi connectivity index (χ1v) is 11.4. The number of benzene rings is 1. The lowest BCUT2D eigenvalue weighted by molar-refractivity contribution is -0.274. The van der Waals surface area contributed by atoms with Crippen molar-refractivity contribution in [2.45, 2.75) is 57.5 Å². The molecule has 0 spiro atoms. The molecule has 5 rings (SSSR count). The smallest absolute Gasteiger partial charge is 0.406 e. The Balaban J connectivity index is 1.33. The average Bonchev–Trinajstić information content (AvgIpc) is 3.06. The maximum Gasteiger partial charge on any atom is 0.573 e. The molecule has 3 aliphatic rings. The van der Waals surface area contributed by atoms with Crippen molar-refractivity contribution in [3.8, 4) is 17.1 Å². The van der Waals surface area contributed by atoms with Crippen LogP contribution < -0.4 is 10.1 Å². The third kappa shape index (κ3) is 4.37. The highest BCUT2D eigenvalue weighted by atomic mass is 19.4. The summed E-state index contributed by atoms with van der Waals surface area (Å²) in [5.41, 5.74) is 0.522. The first kappa shape index (κ1) is 21.7. The fourth-order valence-corrected chi connectivity index (χ4v) is 5.50. The van der Waals surface area contributed by atoms with Crippen molar-refractivity contribution in [2.75, 3.05) is 19.7 Å². The fraction of sp³-hybridized carbons (Fsp3) is 0.652. The second-order valence-corrected chi connectivity index (χ2v) is 9.46. The molecule has 6 nitrogen and oxygen atoms in total. The predicted molar refractivity (Wildman–Crippen MR) is 112 cm³/mol. The van der Waals surface area contributed by atoms with E-state index in [0.29, 0.717) is 41.2 Å². The average molecular weight is 451 g/mol. The molecule has 32 heavy (non-hydrogen) atoms. The van der Waals surface area contributed by atoms with Crippen LogP contribution in [0.5, 0.6) is 5.75 Å². The number of alkyl halides is 3. The predicted octanol–water partition coefficient (Wildman–Crippen LogP) is 4.54. The quantitative estimate of drug-likeness (QED) is 0.725. The summed E-state index contributed by atoms with van der Waals surface area (Å²) < 4.78 is 49.9. The van der Waals surface area contributed by atoms with Crippen molar-refractivity contribution in [1.82, 2.24) is 20.1 Å². The molecule has 174 valence electrons. The minimum atomic E-state index is -4.73. The highest BCUT2D eigenvalue weighted by Crippen LogP contribution is 2.65. The van der Waals surface area contributed by atoms with E-state index < -0.39 is 6.36 Å². The first-order chi connectivity index (χ1) is 15.3. The standard InChI is InChI=1S/C23H29F3N4O2/c1-13(2)30-22(20-17-10-15(11-18(17)20)19-12-27-7-4-8-31-19)28-21(29-30)14-5-3-6-16(9-14)32-23(24,25)26/h3,5-6,9,13,15,17-20,27H,4,7-8,10-12H2,1-2H3/t15?,17-,18+,19?,20?. The van der Waals surface area contributed by atoms with E-state index >= 15 is 0 Å². The third-order valence-electron chi connectivity index (χ3n) is 6.95. The molecule has 1 aromatic heterocycles. The molecule has 2 aromatic rings. The Hall–Kier alpha value is -2.13. The van der Waals surface area contributed by atoms with Gasteiger partial charge in [-0.1, -0.05) is 12.1 Å². The van der Waals surface area contributed by atoms with E-state index in [4.69, 9.17) is 9.72 Å². The zero-order chi connectivity index (χ0) is 22.5. The molecule has 0 bridgehead atoms. The monoisotopic (exact) mass is 450 g/mol. The number of rotatable bonds is 5. The van der Waals surface area contributed by atoms with E-state index in [-0.39, 0.29) is 11.8 Å². The summed E-state index contributed by atoms with van der Waals surface area (Å²) in [5, 5.41) is 8.14. The lowest BCUT2D eigenvalue weighted by Gasteiger charge is -2.24. The fourth-order valence-electron chi connectivity index (χ4n) is 5.50. The van der Waals surface area contributed by atoms with Crippen LogP contribution in [0.15, 0.2) is 24.3 Å². The molecule has 2 aliphatic carbocycles. The minimum Gasteiger partial charge on any atom is -0.406 e. The van der Waals surface area contributed by atoms with Crippen LogP contribution in [-0.4, -0.2) is 46.9 Å². The number of nitrogens with one attached hydrogen (secondary N) is 1. The molecular formula is C23H29F3N4O2. The zero-order valence-corrected chi connectivity index (χ0v) is 18.3. The molecular weight excluding hydrogens is 421 g/mol. The summed E-state index contributed by atoms with van der Waals surface area (Å²) in [4.78, 5) is 4.81. The zero-order valence-electron chi connectivity index (χ0n) is 18.3. The van der Waals surface area contributed by atoms with Gasteiger partial charge in [0.2, 0.25) is 0 Å². The second-order valence-electron chi connectivity index (χ2n) is 9.46. The van der Waals surface area contributed by atoms with E-state index in [2.05, 4.69) is 29.0 Å². The van der Waals surface area contributed by atoms with Gasteiger partial charge in [0.1, 0.15) is 11.6 Å². The Morgan fingerprint density at radius 1 is 1.22 bits per heavy atom. The lowest BCUT2D eigenvalue weighted by Crippen LogP contribution is -2.32. The SMILES string of the molecule is CC(C)n1nc(-c2cccc(OC(F)(F)F)c2)nc1C1[C@H]2CC(C3CNCCCO3)C[C@@H]12. The van der Waals surface area contributed by atoms with Crippen LogP contribution in [-0.2, 0) is 4.74 Å². The molecule has 2 saturated carbocycles. The van der Waals surface area contributed by atoms with Gasteiger partial charge in [-0.25, -0.2) is 9.67 Å². The van der Waals surface area contributed by atoms with E-state index in [1.807, 2.05) is 4.68 Å². The van der Waals surface area contributed by atoms with Crippen molar-refractivity contribution in [2.24, 2.45) is 17.8 Å². The van der Waals surface area contributed by atoms with Crippen LogP contribution in [0.2, 0.25) is 0 Å². The summed E-state index contributed by atoms with van der Waals surface area (Å²) in [6.07, 6.45) is -1.10. The molecule has 3 fully saturated rings. The highest BCUT2D eigenvalue weighted by Gasteiger charge is 2.59. The Morgan fingerprint density at radius 3 is 2.72 bits per heavy atom. The van der Waals surface area contributed by atoms with Gasteiger partial charge in [-0.3, -0.25) is 0 Å².